The molecule has 0 aliphatic carbocycles. The van der Waals surface area contributed by atoms with E-state index in [2.05, 4.69) is 35.6 Å². The molecule has 0 aromatic carbocycles. The number of nitrogens with one attached hydrogen (secondary N) is 3. The van der Waals surface area contributed by atoms with Crippen LogP contribution in [0.25, 0.3) is 11.0 Å². The number of hydrogen-bond acceptors (Lipinski definition) is 9. The van der Waals surface area contributed by atoms with Crippen LogP contribution in [0.15, 0.2) is 43.0 Å². The van der Waals surface area contributed by atoms with Gasteiger partial charge in [0.2, 0.25) is 11.8 Å². The van der Waals surface area contributed by atoms with Crippen LogP contribution in [0.4, 0.5) is 21.7 Å². The third kappa shape index (κ3) is 4.37. The fourth-order valence-corrected chi connectivity index (χ4v) is 3.83. The van der Waals surface area contributed by atoms with Crippen LogP contribution in [-0.4, -0.2) is 57.1 Å². The molecular formula is C23H22FN7O3. The first-order valence-electron chi connectivity index (χ1n) is 10.8. The van der Waals surface area contributed by atoms with Gasteiger partial charge in [-0.15, -0.1) is 0 Å². The number of pyridine rings is 2. The van der Waals surface area contributed by atoms with E-state index in [4.69, 9.17) is 9.47 Å². The maximum atomic E-state index is 14.9. The van der Waals surface area contributed by atoms with E-state index >= 15 is 0 Å². The molecule has 0 radical (unpaired) electrons. The lowest BCUT2D eigenvalue weighted by molar-refractivity contribution is 0.103. The molecule has 1 saturated heterocycles. The SMILES string of the molecule is COc1ccc(Nc2ccc(C(=O)c3c[nH]c4ncnc(NCC5CCCO5)c34)c(F)n2)cn1. The quantitative estimate of drug-likeness (QED) is 0.266. The molecule has 11 heteroatoms. The minimum Gasteiger partial charge on any atom is -0.481 e. The summed E-state index contributed by atoms with van der Waals surface area (Å²) in [6.07, 6.45) is 6.52. The van der Waals surface area contributed by atoms with Crippen molar-refractivity contribution in [1.82, 2.24) is 24.9 Å². The van der Waals surface area contributed by atoms with Gasteiger partial charge in [0.25, 0.3) is 0 Å². The molecule has 0 saturated carbocycles. The van der Waals surface area contributed by atoms with Crippen LogP contribution < -0.4 is 15.4 Å². The summed E-state index contributed by atoms with van der Waals surface area (Å²) in [5, 5.41) is 6.69. The van der Waals surface area contributed by atoms with Crippen molar-refractivity contribution >= 4 is 34.1 Å². The molecule has 3 N–H and O–H groups in total. The lowest BCUT2D eigenvalue weighted by Crippen LogP contribution is -2.19. The summed E-state index contributed by atoms with van der Waals surface area (Å²) in [5.74, 6) is -0.232. The van der Waals surface area contributed by atoms with E-state index < -0.39 is 11.7 Å². The van der Waals surface area contributed by atoms with E-state index in [9.17, 15) is 9.18 Å². The number of carbonyl (C=O) groups excluding carboxylic acids is 1. The third-order valence-corrected chi connectivity index (χ3v) is 5.55. The van der Waals surface area contributed by atoms with E-state index in [1.165, 1.54) is 38.0 Å². The Morgan fingerprint density at radius 1 is 1.24 bits per heavy atom. The Balaban J connectivity index is 1.38. The van der Waals surface area contributed by atoms with Crippen molar-refractivity contribution in [1.29, 1.82) is 0 Å². The molecule has 4 aromatic rings. The highest BCUT2D eigenvalue weighted by atomic mass is 19.1. The number of anilines is 3. The molecule has 1 unspecified atom stereocenters. The van der Waals surface area contributed by atoms with Crippen LogP contribution in [-0.2, 0) is 4.74 Å². The molecule has 0 bridgehead atoms. The topological polar surface area (TPSA) is 127 Å². The maximum absolute atomic E-state index is 14.9. The van der Waals surface area contributed by atoms with Crippen molar-refractivity contribution in [2.45, 2.75) is 18.9 Å². The van der Waals surface area contributed by atoms with Gasteiger partial charge in [-0.05, 0) is 31.0 Å². The minimum atomic E-state index is -0.892. The third-order valence-electron chi connectivity index (χ3n) is 5.55. The zero-order valence-electron chi connectivity index (χ0n) is 18.3. The highest BCUT2D eigenvalue weighted by Gasteiger charge is 2.23. The average Bonchev–Trinajstić information content (AvgIpc) is 3.53. The number of fused-ring (bicyclic) bond motifs is 1. The smallest absolute Gasteiger partial charge is 0.226 e. The minimum absolute atomic E-state index is 0.0886. The summed E-state index contributed by atoms with van der Waals surface area (Å²) in [4.78, 5) is 32.7. The van der Waals surface area contributed by atoms with E-state index in [0.29, 0.717) is 35.0 Å². The zero-order valence-corrected chi connectivity index (χ0v) is 18.3. The molecule has 10 nitrogen and oxygen atoms in total. The standard InChI is InChI=1S/C23H22FN7O3/c1-33-18-7-4-13(9-25-18)30-17-6-5-15(21(24)31-17)20(32)16-11-27-23-19(16)22(28-12-29-23)26-10-14-3-2-8-34-14/h4-7,9,11-12,14H,2-3,8,10H2,1H3,(H,30,31)(H2,26,27,28,29). The fraction of sp³-hybridized carbons (Fsp3) is 0.261. The molecular weight excluding hydrogens is 441 g/mol. The summed E-state index contributed by atoms with van der Waals surface area (Å²) in [7, 11) is 1.52. The van der Waals surface area contributed by atoms with Gasteiger partial charge in [-0.3, -0.25) is 4.79 Å². The van der Waals surface area contributed by atoms with Crippen LogP contribution in [0.2, 0.25) is 0 Å². The molecule has 5 rings (SSSR count). The number of methoxy groups -OCH3 is 1. The van der Waals surface area contributed by atoms with Crippen molar-refractivity contribution in [3.05, 3.63) is 60.1 Å². The number of aromatic nitrogens is 5. The predicted octanol–water partition coefficient (Wildman–Crippen LogP) is 3.46. The van der Waals surface area contributed by atoms with Crippen LogP contribution >= 0.6 is 0 Å². The van der Waals surface area contributed by atoms with Crippen LogP contribution in [0.1, 0.15) is 28.8 Å². The van der Waals surface area contributed by atoms with Gasteiger partial charge in [0.05, 0.1) is 41.6 Å². The number of ketones is 1. The summed E-state index contributed by atoms with van der Waals surface area (Å²) in [6.45, 7) is 1.30. The van der Waals surface area contributed by atoms with E-state index in [-0.39, 0.29) is 23.0 Å². The second kappa shape index (κ2) is 9.40. The Labute approximate surface area is 194 Å². The van der Waals surface area contributed by atoms with Crippen LogP contribution in [0.5, 0.6) is 5.88 Å². The molecule has 174 valence electrons. The van der Waals surface area contributed by atoms with Crippen molar-refractivity contribution < 1.29 is 18.7 Å². The zero-order chi connectivity index (χ0) is 23.5. The Bertz CT molecular complexity index is 1320. The molecule has 1 atom stereocenters. The lowest BCUT2D eigenvalue weighted by atomic mass is 10.0. The number of rotatable bonds is 8. The number of halogens is 1. The van der Waals surface area contributed by atoms with Crippen LogP contribution in [0, 0.1) is 5.95 Å². The number of aromatic amines is 1. The number of hydrogen-bond donors (Lipinski definition) is 3. The molecule has 0 amide bonds. The van der Waals surface area contributed by atoms with Crippen molar-refractivity contribution in [2.75, 3.05) is 30.9 Å². The maximum Gasteiger partial charge on any atom is 0.226 e. The number of carbonyl (C=O) groups is 1. The second-order valence-corrected chi connectivity index (χ2v) is 7.74. The molecule has 0 spiro atoms. The number of ether oxygens (including phenoxy) is 2. The monoisotopic (exact) mass is 463 g/mol. The Morgan fingerprint density at radius 2 is 2.15 bits per heavy atom. The molecule has 1 fully saturated rings. The normalized spacial score (nSPS) is 15.4. The fourth-order valence-electron chi connectivity index (χ4n) is 3.83. The van der Waals surface area contributed by atoms with Gasteiger partial charge in [-0.25, -0.2) is 19.9 Å². The Kier molecular flexibility index (Phi) is 6.00. The molecule has 1 aliphatic heterocycles. The first-order chi connectivity index (χ1) is 16.6. The number of H-pyrrole nitrogens is 1. The Morgan fingerprint density at radius 3 is 2.88 bits per heavy atom. The van der Waals surface area contributed by atoms with E-state index in [1.54, 1.807) is 12.1 Å². The second-order valence-electron chi connectivity index (χ2n) is 7.74. The summed E-state index contributed by atoms with van der Waals surface area (Å²) < 4.78 is 25.5. The summed E-state index contributed by atoms with van der Waals surface area (Å²) >= 11 is 0. The predicted molar refractivity (Wildman–Crippen MR) is 123 cm³/mol. The Hall–Kier alpha value is -4.12. The van der Waals surface area contributed by atoms with Crippen molar-refractivity contribution in [2.24, 2.45) is 0 Å². The van der Waals surface area contributed by atoms with Gasteiger partial charge in [0.1, 0.15) is 23.6 Å². The molecule has 1 aliphatic rings. The first-order valence-corrected chi connectivity index (χ1v) is 10.8. The molecule has 5 heterocycles. The van der Waals surface area contributed by atoms with Gasteiger partial charge in [0, 0.05) is 25.4 Å². The molecule has 4 aromatic heterocycles. The van der Waals surface area contributed by atoms with Gasteiger partial charge in [-0.2, -0.15) is 4.39 Å². The van der Waals surface area contributed by atoms with Gasteiger partial charge in [0.15, 0.2) is 5.78 Å². The van der Waals surface area contributed by atoms with E-state index in [1.807, 2.05) is 0 Å². The average molecular weight is 463 g/mol. The van der Waals surface area contributed by atoms with Gasteiger partial charge >= 0.3 is 0 Å². The summed E-state index contributed by atoms with van der Waals surface area (Å²) in [6, 6.07) is 6.32. The van der Waals surface area contributed by atoms with Crippen molar-refractivity contribution in [3.8, 4) is 5.88 Å². The highest BCUT2D eigenvalue weighted by Crippen LogP contribution is 2.27. The number of nitrogens with zero attached hydrogens (tertiary/aromatic N) is 4. The van der Waals surface area contributed by atoms with Crippen molar-refractivity contribution in [3.63, 3.8) is 0 Å². The highest BCUT2D eigenvalue weighted by molar-refractivity contribution is 6.18. The van der Waals surface area contributed by atoms with Gasteiger partial charge < -0.3 is 25.1 Å². The first kappa shape index (κ1) is 21.7. The van der Waals surface area contributed by atoms with Gasteiger partial charge in [-0.1, -0.05) is 0 Å². The lowest BCUT2D eigenvalue weighted by Gasteiger charge is -2.12. The largest absolute Gasteiger partial charge is 0.481 e. The van der Waals surface area contributed by atoms with E-state index in [0.717, 1.165) is 19.4 Å². The van der Waals surface area contributed by atoms with Crippen LogP contribution in [0.3, 0.4) is 0 Å². The molecule has 34 heavy (non-hydrogen) atoms. The summed E-state index contributed by atoms with van der Waals surface area (Å²) in [5.41, 5.74) is 1.17.